The van der Waals surface area contributed by atoms with Crippen molar-refractivity contribution in [3.05, 3.63) is 28.0 Å². The van der Waals surface area contributed by atoms with Crippen LogP contribution in [0.3, 0.4) is 0 Å². The molecule has 5 nitrogen and oxygen atoms in total. The molecule has 0 aromatic heterocycles. The number of hydrogen-bond acceptors (Lipinski definition) is 3. The summed E-state index contributed by atoms with van der Waals surface area (Å²) in [6.07, 6.45) is 0.323. The van der Waals surface area contributed by atoms with E-state index in [0.717, 1.165) is 0 Å². The highest BCUT2D eigenvalue weighted by Gasteiger charge is 2.51. The summed E-state index contributed by atoms with van der Waals surface area (Å²) in [6.45, 7) is 3.40. The Kier molecular flexibility index (Phi) is 3.36. The van der Waals surface area contributed by atoms with Crippen molar-refractivity contribution in [1.29, 1.82) is 0 Å². The number of nitrogens with one attached hydrogen (secondary N) is 1. The van der Waals surface area contributed by atoms with Gasteiger partial charge in [0.05, 0.1) is 11.1 Å². The summed E-state index contributed by atoms with van der Waals surface area (Å²) in [5.74, 6) is -1.83. The number of rotatable bonds is 1. The summed E-state index contributed by atoms with van der Waals surface area (Å²) < 4.78 is 15.0. The lowest BCUT2D eigenvalue weighted by atomic mass is 9.86. The standard InChI is InChI=1S/C15H14BrFN2O3/c1-15(2)11-7(16)3-4-8(17)12(11)19(14(15)22)9-5-6-10(20)18-13(9)21/h3-4,9H,5-6H2,1-2H3,(H,18,20,21). The lowest BCUT2D eigenvalue weighted by Gasteiger charge is -2.31. The number of imide groups is 1. The third kappa shape index (κ3) is 1.99. The average Bonchev–Trinajstić information content (AvgIpc) is 2.64. The van der Waals surface area contributed by atoms with Crippen molar-refractivity contribution < 1.29 is 18.8 Å². The molecule has 1 saturated heterocycles. The van der Waals surface area contributed by atoms with Crippen LogP contribution in [0.25, 0.3) is 0 Å². The molecule has 2 heterocycles. The third-order valence-corrected chi connectivity index (χ3v) is 4.88. The molecular weight excluding hydrogens is 355 g/mol. The maximum Gasteiger partial charge on any atom is 0.249 e. The van der Waals surface area contributed by atoms with Crippen molar-refractivity contribution in [2.75, 3.05) is 4.90 Å². The van der Waals surface area contributed by atoms with Crippen LogP contribution in [0.1, 0.15) is 32.3 Å². The van der Waals surface area contributed by atoms with E-state index in [4.69, 9.17) is 0 Å². The number of amides is 3. The van der Waals surface area contributed by atoms with Crippen LogP contribution in [-0.4, -0.2) is 23.8 Å². The summed E-state index contributed by atoms with van der Waals surface area (Å²) in [4.78, 5) is 37.4. The molecule has 1 aromatic rings. The van der Waals surface area contributed by atoms with Crippen LogP contribution in [0, 0.1) is 5.82 Å². The minimum Gasteiger partial charge on any atom is -0.296 e. The zero-order chi connectivity index (χ0) is 16.2. The van der Waals surface area contributed by atoms with Gasteiger partial charge in [-0.05, 0) is 32.4 Å². The summed E-state index contributed by atoms with van der Waals surface area (Å²) >= 11 is 3.36. The zero-order valence-corrected chi connectivity index (χ0v) is 13.7. The Bertz CT molecular complexity index is 717. The molecule has 1 N–H and O–H groups in total. The van der Waals surface area contributed by atoms with E-state index >= 15 is 0 Å². The second kappa shape index (κ2) is 4.87. The Hall–Kier alpha value is -1.76. The molecule has 1 atom stereocenters. The van der Waals surface area contributed by atoms with E-state index in [9.17, 15) is 18.8 Å². The highest BCUT2D eigenvalue weighted by Crippen LogP contribution is 2.48. The quantitative estimate of drug-likeness (QED) is 0.771. The molecule has 0 bridgehead atoms. The van der Waals surface area contributed by atoms with Gasteiger partial charge in [0, 0.05) is 16.5 Å². The summed E-state index contributed by atoms with van der Waals surface area (Å²) in [7, 11) is 0. The van der Waals surface area contributed by atoms with Crippen LogP contribution in [-0.2, 0) is 19.8 Å². The first kappa shape index (κ1) is 15.1. The second-order valence-electron chi connectivity index (χ2n) is 6.02. The van der Waals surface area contributed by atoms with Crippen molar-refractivity contribution in [3.63, 3.8) is 0 Å². The van der Waals surface area contributed by atoms with Crippen LogP contribution >= 0.6 is 15.9 Å². The average molecular weight is 369 g/mol. The number of nitrogens with zero attached hydrogens (tertiary/aromatic N) is 1. The van der Waals surface area contributed by atoms with Crippen LogP contribution in [0.4, 0.5) is 10.1 Å². The van der Waals surface area contributed by atoms with Gasteiger partial charge >= 0.3 is 0 Å². The Balaban J connectivity index is 2.16. The van der Waals surface area contributed by atoms with Crippen LogP contribution < -0.4 is 10.2 Å². The fourth-order valence-electron chi connectivity index (χ4n) is 3.11. The summed E-state index contributed by atoms with van der Waals surface area (Å²) in [6, 6.07) is 1.95. The summed E-state index contributed by atoms with van der Waals surface area (Å²) in [5, 5.41) is 2.21. The molecule has 0 spiro atoms. The number of benzene rings is 1. The number of fused-ring (bicyclic) bond motifs is 1. The van der Waals surface area contributed by atoms with Gasteiger partial charge in [-0.3, -0.25) is 24.6 Å². The van der Waals surface area contributed by atoms with E-state index < -0.39 is 23.2 Å². The molecule has 2 aliphatic rings. The van der Waals surface area contributed by atoms with Gasteiger partial charge in [-0.15, -0.1) is 0 Å². The first-order chi connectivity index (χ1) is 10.2. The molecule has 3 amide bonds. The molecule has 0 saturated carbocycles. The van der Waals surface area contributed by atoms with Gasteiger partial charge in [0.15, 0.2) is 0 Å². The number of carbonyl (C=O) groups is 3. The third-order valence-electron chi connectivity index (χ3n) is 4.22. The van der Waals surface area contributed by atoms with Crippen molar-refractivity contribution in [2.45, 2.75) is 38.1 Å². The second-order valence-corrected chi connectivity index (χ2v) is 6.87. The predicted octanol–water partition coefficient (Wildman–Crippen LogP) is 2.02. The zero-order valence-electron chi connectivity index (χ0n) is 12.1. The van der Waals surface area contributed by atoms with Crippen molar-refractivity contribution in [1.82, 2.24) is 5.32 Å². The van der Waals surface area contributed by atoms with Gasteiger partial charge in [0.1, 0.15) is 11.9 Å². The maximum absolute atomic E-state index is 14.4. The van der Waals surface area contributed by atoms with Crippen molar-refractivity contribution >= 4 is 39.3 Å². The molecule has 1 fully saturated rings. The molecule has 0 radical (unpaired) electrons. The first-order valence-electron chi connectivity index (χ1n) is 6.91. The number of hydrogen-bond donors (Lipinski definition) is 1. The Morgan fingerprint density at radius 2 is 2.00 bits per heavy atom. The van der Waals surface area contributed by atoms with Gasteiger partial charge in [-0.1, -0.05) is 15.9 Å². The van der Waals surface area contributed by atoms with Gasteiger partial charge < -0.3 is 0 Å². The Labute approximate surface area is 135 Å². The van der Waals surface area contributed by atoms with E-state index in [1.54, 1.807) is 19.9 Å². The van der Waals surface area contributed by atoms with Gasteiger partial charge in [0.25, 0.3) is 0 Å². The maximum atomic E-state index is 14.4. The first-order valence-corrected chi connectivity index (χ1v) is 7.70. The lowest BCUT2D eigenvalue weighted by Crippen LogP contribution is -2.55. The van der Waals surface area contributed by atoms with Crippen LogP contribution in [0.15, 0.2) is 16.6 Å². The molecule has 1 unspecified atom stereocenters. The van der Waals surface area contributed by atoms with E-state index in [1.807, 2.05) is 0 Å². The van der Waals surface area contributed by atoms with Crippen LogP contribution in [0.2, 0.25) is 0 Å². The fourth-order valence-corrected chi connectivity index (χ4v) is 3.92. The van der Waals surface area contributed by atoms with Gasteiger partial charge in [-0.2, -0.15) is 0 Å². The molecule has 7 heteroatoms. The normalized spacial score (nSPS) is 23.5. The fraction of sp³-hybridized carbons (Fsp3) is 0.400. The molecule has 3 rings (SSSR count). The number of anilines is 1. The van der Waals surface area contributed by atoms with Gasteiger partial charge in [0.2, 0.25) is 17.7 Å². The number of halogens is 2. The van der Waals surface area contributed by atoms with E-state index in [0.29, 0.717) is 10.0 Å². The van der Waals surface area contributed by atoms with E-state index in [-0.39, 0.29) is 30.3 Å². The predicted molar refractivity (Wildman–Crippen MR) is 80.8 cm³/mol. The SMILES string of the molecule is CC1(C)C(=O)N(C2CCC(=O)NC2=O)c2c(F)ccc(Br)c21. The highest BCUT2D eigenvalue weighted by molar-refractivity contribution is 9.10. The lowest BCUT2D eigenvalue weighted by molar-refractivity contribution is -0.136. The molecule has 0 aliphatic carbocycles. The summed E-state index contributed by atoms with van der Waals surface area (Å²) in [5.41, 5.74) is -0.293. The highest BCUT2D eigenvalue weighted by atomic mass is 79.9. The minimum absolute atomic E-state index is 0.124. The molecule has 22 heavy (non-hydrogen) atoms. The molecular formula is C15H14BrFN2O3. The smallest absolute Gasteiger partial charge is 0.249 e. The Morgan fingerprint density at radius 3 is 2.64 bits per heavy atom. The van der Waals surface area contributed by atoms with E-state index in [1.165, 1.54) is 11.0 Å². The van der Waals surface area contributed by atoms with E-state index in [2.05, 4.69) is 21.2 Å². The van der Waals surface area contributed by atoms with Gasteiger partial charge in [-0.25, -0.2) is 4.39 Å². The molecule has 1 aromatic carbocycles. The number of piperidine rings is 1. The molecule has 2 aliphatic heterocycles. The topological polar surface area (TPSA) is 66.5 Å². The number of carbonyl (C=O) groups excluding carboxylic acids is 3. The monoisotopic (exact) mass is 368 g/mol. The van der Waals surface area contributed by atoms with Crippen molar-refractivity contribution in [3.8, 4) is 0 Å². The molecule has 116 valence electrons. The van der Waals surface area contributed by atoms with Crippen molar-refractivity contribution in [2.24, 2.45) is 0 Å². The minimum atomic E-state index is -0.946. The largest absolute Gasteiger partial charge is 0.296 e. The van der Waals surface area contributed by atoms with Crippen LogP contribution in [0.5, 0.6) is 0 Å². The Morgan fingerprint density at radius 1 is 1.32 bits per heavy atom.